The average molecular weight is 255 g/mol. The summed E-state index contributed by atoms with van der Waals surface area (Å²) in [4.78, 5) is 12.1. The molecule has 7 heteroatoms. The van der Waals surface area contributed by atoms with Gasteiger partial charge < -0.3 is 20.5 Å². The third kappa shape index (κ3) is 4.70. The molecule has 0 saturated heterocycles. The van der Waals surface area contributed by atoms with Crippen LogP contribution in [0.4, 0.5) is 11.9 Å². The Hall–Kier alpha value is -1.63. The average Bonchev–Trinajstić information content (AvgIpc) is 2.24. The smallest absolute Gasteiger partial charge is 0.323 e. The molecule has 0 amide bonds. The van der Waals surface area contributed by atoms with Crippen LogP contribution in [0.15, 0.2) is 0 Å². The summed E-state index contributed by atoms with van der Waals surface area (Å²) in [7, 11) is 1.64. The van der Waals surface area contributed by atoms with Crippen LogP contribution < -0.4 is 15.8 Å². The first kappa shape index (κ1) is 14.4. The van der Waals surface area contributed by atoms with Crippen molar-refractivity contribution in [1.29, 1.82) is 0 Å². The summed E-state index contributed by atoms with van der Waals surface area (Å²) >= 11 is 0. The molecule has 0 unspecified atom stereocenters. The molecule has 102 valence electrons. The summed E-state index contributed by atoms with van der Waals surface area (Å²) in [5.41, 5.74) is 5.31. The predicted octanol–water partition coefficient (Wildman–Crippen LogP) is 1.08. The van der Waals surface area contributed by atoms with E-state index in [0.717, 1.165) is 6.42 Å². The maximum absolute atomic E-state index is 5.61. The van der Waals surface area contributed by atoms with Gasteiger partial charge in [0, 0.05) is 7.11 Å². The molecule has 0 radical (unpaired) electrons. The highest BCUT2D eigenvalue weighted by molar-refractivity contribution is 5.35. The van der Waals surface area contributed by atoms with Crippen molar-refractivity contribution in [3.8, 4) is 6.01 Å². The minimum absolute atomic E-state index is 0.131. The summed E-state index contributed by atoms with van der Waals surface area (Å²) in [6.45, 7) is 7.02. The van der Waals surface area contributed by atoms with Crippen molar-refractivity contribution < 1.29 is 9.47 Å². The van der Waals surface area contributed by atoms with Crippen molar-refractivity contribution in [3.05, 3.63) is 0 Å². The van der Waals surface area contributed by atoms with E-state index in [-0.39, 0.29) is 17.5 Å². The van der Waals surface area contributed by atoms with E-state index in [1.165, 1.54) is 0 Å². The summed E-state index contributed by atoms with van der Waals surface area (Å²) in [5.74, 6) is 0.516. The third-order valence-corrected chi connectivity index (χ3v) is 2.02. The fraction of sp³-hybridized carbons (Fsp3) is 0.727. The van der Waals surface area contributed by atoms with E-state index in [2.05, 4.69) is 20.3 Å². The standard InChI is InChI=1S/C11H21N5O2/c1-5-6-18-10-14-8(12)13-9(15-10)16-11(2,3)7-17-4/h5-7H2,1-4H3,(H3,12,13,14,15,16). The van der Waals surface area contributed by atoms with Gasteiger partial charge in [-0.2, -0.15) is 15.0 Å². The largest absolute Gasteiger partial charge is 0.463 e. The summed E-state index contributed by atoms with van der Waals surface area (Å²) in [6.07, 6.45) is 0.878. The first-order valence-electron chi connectivity index (χ1n) is 5.88. The SMILES string of the molecule is CCCOc1nc(N)nc(NC(C)(C)COC)n1. The van der Waals surface area contributed by atoms with Gasteiger partial charge in [-0.25, -0.2) is 0 Å². The monoisotopic (exact) mass is 255 g/mol. The van der Waals surface area contributed by atoms with Crippen LogP contribution >= 0.6 is 0 Å². The molecule has 0 atom stereocenters. The molecule has 7 nitrogen and oxygen atoms in total. The number of rotatable bonds is 7. The number of anilines is 2. The number of hydrogen-bond donors (Lipinski definition) is 2. The summed E-state index contributed by atoms with van der Waals surface area (Å²) in [5, 5.41) is 3.13. The molecule has 0 aliphatic heterocycles. The number of nitrogens with one attached hydrogen (secondary N) is 1. The molecule has 18 heavy (non-hydrogen) atoms. The Balaban J connectivity index is 2.79. The van der Waals surface area contributed by atoms with Crippen molar-refractivity contribution in [2.75, 3.05) is 31.4 Å². The second-order valence-electron chi connectivity index (χ2n) is 4.59. The quantitative estimate of drug-likeness (QED) is 0.752. The van der Waals surface area contributed by atoms with Crippen LogP contribution in [0.1, 0.15) is 27.2 Å². The molecule has 3 N–H and O–H groups in total. The Morgan fingerprint density at radius 2 is 2.00 bits per heavy atom. The van der Waals surface area contributed by atoms with Gasteiger partial charge in [0.25, 0.3) is 0 Å². The molecule has 0 fully saturated rings. The maximum atomic E-state index is 5.61. The summed E-state index contributed by atoms with van der Waals surface area (Å²) in [6, 6.07) is 0.236. The Morgan fingerprint density at radius 1 is 1.28 bits per heavy atom. The zero-order valence-corrected chi connectivity index (χ0v) is 11.4. The normalized spacial score (nSPS) is 11.3. The van der Waals surface area contributed by atoms with Crippen LogP contribution in [-0.2, 0) is 4.74 Å². The van der Waals surface area contributed by atoms with Gasteiger partial charge in [-0.15, -0.1) is 0 Å². The zero-order valence-electron chi connectivity index (χ0n) is 11.4. The molecule has 0 aliphatic rings. The molecule has 0 aliphatic carbocycles. The Morgan fingerprint density at radius 3 is 2.61 bits per heavy atom. The maximum Gasteiger partial charge on any atom is 0.323 e. The molecule has 1 aromatic rings. The molecular formula is C11H21N5O2. The minimum Gasteiger partial charge on any atom is -0.463 e. The Kier molecular flexibility index (Phi) is 5.08. The fourth-order valence-corrected chi connectivity index (χ4v) is 1.39. The van der Waals surface area contributed by atoms with Crippen LogP contribution in [-0.4, -0.2) is 40.8 Å². The van der Waals surface area contributed by atoms with E-state index in [1.54, 1.807) is 7.11 Å². The number of nitrogens with two attached hydrogens (primary N) is 1. The topological polar surface area (TPSA) is 95.2 Å². The minimum atomic E-state index is -0.301. The Bertz CT molecular complexity index is 384. The lowest BCUT2D eigenvalue weighted by Crippen LogP contribution is -2.36. The summed E-state index contributed by atoms with van der Waals surface area (Å²) < 4.78 is 10.4. The van der Waals surface area contributed by atoms with Gasteiger partial charge in [-0.05, 0) is 20.3 Å². The molecule has 0 aromatic carbocycles. The predicted molar refractivity (Wildman–Crippen MR) is 69.6 cm³/mol. The van der Waals surface area contributed by atoms with Gasteiger partial charge in [0.2, 0.25) is 11.9 Å². The van der Waals surface area contributed by atoms with E-state index < -0.39 is 0 Å². The number of nitrogens with zero attached hydrogens (tertiary/aromatic N) is 3. The van der Waals surface area contributed by atoms with Crippen molar-refractivity contribution in [2.24, 2.45) is 0 Å². The highest BCUT2D eigenvalue weighted by atomic mass is 16.5. The lowest BCUT2D eigenvalue weighted by molar-refractivity contribution is 0.157. The number of nitrogen functional groups attached to an aromatic ring is 1. The zero-order chi connectivity index (χ0) is 13.6. The van der Waals surface area contributed by atoms with Gasteiger partial charge in [0.1, 0.15) is 0 Å². The molecular weight excluding hydrogens is 234 g/mol. The fourth-order valence-electron chi connectivity index (χ4n) is 1.39. The molecule has 0 saturated carbocycles. The highest BCUT2D eigenvalue weighted by Crippen LogP contribution is 2.14. The second-order valence-corrected chi connectivity index (χ2v) is 4.59. The van der Waals surface area contributed by atoms with E-state index in [1.807, 2.05) is 20.8 Å². The second kappa shape index (κ2) is 6.34. The first-order valence-corrected chi connectivity index (χ1v) is 5.88. The number of aromatic nitrogens is 3. The van der Waals surface area contributed by atoms with Gasteiger partial charge in [-0.3, -0.25) is 0 Å². The molecule has 0 spiro atoms. The van der Waals surface area contributed by atoms with E-state index >= 15 is 0 Å². The van der Waals surface area contributed by atoms with Crippen LogP contribution in [0.25, 0.3) is 0 Å². The van der Waals surface area contributed by atoms with Crippen molar-refractivity contribution in [2.45, 2.75) is 32.7 Å². The van der Waals surface area contributed by atoms with Crippen LogP contribution in [0, 0.1) is 0 Å². The van der Waals surface area contributed by atoms with E-state index in [9.17, 15) is 0 Å². The van der Waals surface area contributed by atoms with Gasteiger partial charge in [0.05, 0.1) is 18.8 Å². The molecule has 1 heterocycles. The first-order chi connectivity index (χ1) is 8.46. The van der Waals surface area contributed by atoms with Crippen molar-refractivity contribution in [3.63, 3.8) is 0 Å². The number of ether oxygens (including phenoxy) is 2. The Labute approximate surface area is 107 Å². The molecule has 1 rings (SSSR count). The van der Waals surface area contributed by atoms with Gasteiger partial charge in [0.15, 0.2) is 0 Å². The third-order valence-electron chi connectivity index (χ3n) is 2.02. The van der Waals surface area contributed by atoms with E-state index in [4.69, 9.17) is 15.2 Å². The van der Waals surface area contributed by atoms with E-state index in [0.29, 0.717) is 19.2 Å². The highest BCUT2D eigenvalue weighted by Gasteiger charge is 2.19. The lowest BCUT2D eigenvalue weighted by atomic mass is 10.1. The van der Waals surface area contributed by atoms with Crippen LogP contribution in [0.5, 0.6) is 6.01 Å². The van der Waals surface area contributed by atoms with Crippen molar-refractivity contribution in [1.82, 2.24) is 15.0 Å². The van der Waals surface area contributed by atoms with Crippen LogP contribution in [0.2, 0.25) is 0 Å². The van der Waals surface area contributed by atoms with Crippen LogP contribution in [0.3, 0.4) is 0 Å². The van der Waals surface area contributed by atoms with Gasteiger partial charge >= 0.3 is 6.01 Å². The molecule has 1 aromatic heterocycles. The lowest BCUT2D eigenvalue weighted by Gasteiger charge is -2.25. The van der Waals surface area contributed by atoms with Gasteiger partial charge in [-0.1, -0.05) is 6.92 Å². The van der Waals surface area contributed by atoms with Crippen molar-refractivity contribution >= 4 is 11.9 Å². The number of hydrogen-bond acceptors (Lipinski definition) is 7. The molecule has 0 bridgehead atoms. The number of methoxy groups -OCH3 is 1.